The van der Waals surface area contributed by atoms with E-state index in [1.165, 1.54) is 0 Å². The monoisotopic (exact) mass is 276 g/mol. The first-order valence-corrected chi connectivity index (χ1v) is 7.17. The molecule has 0 radical (unpaired) electrons. The van der Waals surface area contributed by atoms with Gasteiger partial charge < -0.3 is 4.40 Å². The molecule has 1 fully saturated rings. The number of fused-ring (bicyclic) bond motifs is 1. The molecule has 0 saturated heterocycles. The van der Waals surface area contributed by atoms with Crippen molar-refractivity contribution in [3.8, 4) is 0 Å². The predicted molar refractivity (Wildman–Crippen MR) is 75.6 cm³/mol. The fourth-order valence-corrected chi connectivity index (χ4v) is 3.75. The molecule has 2 aromatic rings. The van der Waals surface area contributed by atoms with Crippen LogP contribution in [0.15, 0.2) is 24.4 Å². The molecule has 1 aliphatic rings. The van der Waals surface area contributed by atoms with Crippen molar-refractivity contribution < 1.29 is 4.79 Å². The number of hydrogen-bond acceptors (Lipinski definition) is 2. The summed E-state index contributed by atoms with van der Waals surface area (Å²) in [6, 6.07) is 5.85. The molecular formula is C15H17ClN2O. The van der Waals surface area contributed by atoms with E-state index in [1.807, 2.05) is 28.8 Å². The minimum atomic E-state index is -0.241. The molecule has 0 aromatic carbocycles. The van der Waals surface area contributed by atoms with Gasteiger partial charge in [0.15, 0.2) is 5.15 Å². The van der Waals surface area contributed by atoms with Gasteiger partial charge in [-0.2, -0.15) is 0 Å². The number of imidazole rings is 1. The van der Waals surface area contributed by atoms with E-state index < -0.39 is 0 Å². The van der Waals surface area contributed by atoms with Crippen LogP contribution in [0.1, 0.15) is 44.7 Å². The third-order valence-corrected chi connectivity index (χ3v) is 5.00. The highest BCUT2D eigenvalue weighted by atomic mass is 35.5. The smallest absolute Gasteiger partial charge is 0.151 e. The van der Waals surface area contributed by atoms with Gasteiger partial charge in [0.1, 0.15) is 11.4 Å². The van der Waals surface area contributed by atoms with Gasteiger partial charge in [0.2, 0.25) is 0 Å². The van der Waals surface area contributed by atoms with Gasteiger partial charge in [-0.1, -0.05) is 31.5 Å². The van der Waals surface area contributed by atoms with Crippen LogP contribution in [-0.2, 0) is 4.79 Å². The number of carbonyl (C=O) groups excluding carboxylic acids is 1. The largest absolute Gasteiger partial charge is 0.302 e. The van der Waals surface area contributed by atoms with Crippen LogP contribution in [0.2, 0.25) is 5.15 Å². The Balaban J connectivity index is 2.15. The number of Topliss-reactive ketones (excluding diaryl/α,β-unsaturated/α-hetero) is 1. The van der Waals surface area contributed by atoms with Crippen LogP contribution in [0, 0.1) is 5.41 Å². The summed E-state index contributed by atoms with van der Waals surface area (Å²) in [5.74, 6) is 0.560. The number of carbonyl (C=O) groups is 1. The third kappa shape index (κ3) is 1.57. The van der Waals surface area contributed by atoms with Crippen molar-refractivity contribution in [2.75, 3.05) is 0 Å². The van der Waals surface area contributed by atoms with Crippen molar-refractivity contribution in [2.45, 2.75) is 39.0 Å². The molecule has 0 amide bonds. The minimum Gasteiger partial charge on any atom is -0.302 e. The lowest BCUT2D eigenvalue weighted by atomic mass is 9.55. The van der Waals surface area contributed by atoms with Crippen LogP contribution >= 0.6 is 11.6 Å². The summed E-state index contributed by atoms with van der Waals surface area (Å²) >= 11 is 6.32. The quantitative estimate of drug-likeness (QED) is 0.853. The first kappa shape index (κ1) is 12.7. The lowest BCUT2D eigenvalue weighted by Crippen LogP contribution is -2.48. The van der Waals surface area contributed by atoms with Crippen LogP contribution in [0.25, 0.3) is 5.65 Å². The maximum atomic E-state index is 12.1. The highest BCUT2D eigenvalue weighted by Gasteiger charge is 2.54. The molecule has 0 aliphatic heterocycles. The average molecular weight is 277 g/mol. The van der Waals surface area contributed by atoms with E-state index in [-0.39, 0.29) is 11.3 Å². The van der Waals surface area contributed by atoms with E-state index in [0.717, 1.165) is 24.2 Å². The van der Waals surface area contributed by atoms with E-state index in [1.54, 1.807) is 0 Å². The Hall–Kier alpha value is -1.35. The van der Waals surface area contributed by atoms with Crippen LogP contribution in [-0.4, -0.2) is 15.2 Å². The average Bonchev–Trinajstić information content (AvgIpc) is 2.73. The number of hydrogen-bond donors (Lipinski definition) is 0. The molecular weight excluding hydrogens is 260 g/mol. The van der Waals surface area contributed by atoms with Gasteiger partial charge in [0.05, 0.1) is 5.69 Å². The van der Waals surface area contributed by atoms with Gasteiger partial charge in [0.25, 0.3) is 0 Å². The summed E-state index contributed by atoms with van der Waals surface area (Å²) in [7, 11) is 0. The molecule has 0 bridgehead atoms. The molecule has 4 heteroatoms. The summed E-state index contributed by atoms with van der Waals surface area (Å²) in [6.45, 7) is 4.18. The Labute approximate surface area is 117 Å². The second-order valence-corrected chi connectivity index (χ2v) is 5.62. The maximum absolute atomic E-state index is 12.1. The number of rotatable bonds is 3. The Kier molecular flexibility index (Phi) is 2.90. The zero-order chi connectivity index (χ0) is 13.6. The van der Waals surface area contributed by atoms with Crippen molar-refractivity contribution in [3.63, 3.8) is 0 Å². The lowest BCUT2D eigenvalue weighted by Gasteiger charge is -2.47. The number of halogens is 1. The summed E-state index contributed by atoms with van der Waals surface area (Å²) < 4.78 is 2.03. The topological polar surface area (TPSA) is 34.4 Å². The SMILES string of the molecule is CCC1(CC)C(=O)CC1c1c(Cl)nc2ccccn12. The Morgan fingerprint density at radius 3 is 2.79 bits per heavy atom. The fraction of sp³-hybridized carbons (Fsp3) is 0.467. The Bertz CT molecular complexity index is 643. The number of ketones is 1. The van der Waals surface area contributed by atoms with E-state index in [0.29, 0.717) is 17.4 Å². The van der Waals surface area contributed by atoms with Crippen molar-refractivity contribution in [1.29, 1.82) is 0 Å². The van der Waals surface area contributed by atoms with Gasteiger partial charge in [-0.3, -0.25) is 4.79 Å². The molecule has 1 aliphatic carbocycles. The highest BCUT2D eigenvalue weighted by Crippen LogP contribution is 2.55. The maximum Gasteiger partial charge on any atom is 0.151 e. The van der Waals surface area contributed by atoms with E-state index >= 15 is 0 Å². The van der Waals surface area contributed by atoms with Gasteiger partial charge in [0, 0.05) is 24.0 Å². The number of pyridine rings is 1. The normalized spacial score (nSPS) is 21.6. The molecule has 3 nitrogen and oxygen atoms in total. The summed E-state index contributed by atoms with van der Waals surface area (Å²) in [5.41, 5.74) is 1.61. The van der Waals surface area contributed by atoms with Gasteiger partial charge >= 0.3 is 0 Å². The molecule has 1 unspecified atom stereocenters. The predicted octanol–water partition coefficient (Wildman–Crippen LogP) is 3.85. The molecule has 19 heavy (non-hydrogen) atoms. The standard InChI is InChI=1S/C15H17ClN2O/c1-3-15(4-2)10(9-11(15)19)13-14(16)17-12-7-5-6-8-18(12)13/h5-8,10H,3-4,9H2,1-2H3. The van der Waals surface area contributed by atoms with Crippen molar-refractivity contribution in [2.24, 2.45) is 5.41 Å². The Morgan fingerprint density at radius 1 is 1.42 bits per heavy atom. The lowest BCUT2D eigenvalue weighted by molar-refractivity contribution is -0.141. The van der Waals surface area contributed by atoms with Gasteiger partial charge in [-0.05, 0) is 25.0 Å². The molecule has 1 atom stereocenters. The van der Waals surface area contributed by atoms with Crippen molar-refractivity contribution in [3.05, 3.63) is 35.2 Å². The molecule has 3 rings (SSSR count). The van der Waals surface area contributed by atoms with E-state index in [9.17, 15) is 4.79 Å². The molecule has 2 aromatic heterocycles. The second-order valence-electron chi connectivity index (χ2n) is 5.26. The fourth-order valence-electron chi connectivity index (χ4n) is 3.44. The van der Waals surface area contributed by atoms with Crippen LogP contribution in [0.5, 0.6) is 0 Å². The zero-order valence-corrected chi connectivity index (χ0v) is 11.9. The second kappa shape index (κ2) is 4.34. The van der Waals surface area contributed by atoms with Gasteiger partial charge in [-0.15, -0.1) is 0 Å². The van der Waals surface area contributed by atoms with Crippen LogP contribution in [0.3, 0.4) is 0 Å². The molecule has 100 valence electrons. The summed E-state index contributed by atoms with van der Waals surface area (Å²) in [6.07, 6.45) is 4.29. The van der Waals surface area contributed by atoms with E-state index in [2.05, 4.69) is 18.8 Å². The van der Waals surface area contributed by atoms with Crippen molar-refractivity contribution >= 4 is 23.0 Å². The molecule has 1 saturated carbocycles. The molecule has 0 N–H and O–H groups in total. The number of nitrogens with zero attached hydrogens (tertiary/aromatic N) is 2. The highest BCUT2D eigenvalue weighted by molar-refractivity contribution is 6.30. The van der Waals surface area contributed by atoms with Crippen LogP contribution in [0.4, 0.5) is 0 Å². The third-order valence-electron chi connectivity index (χ3n) is 4.73. The number of aromatic nitrogens is 2. The first-order valence-electron chi connectivity index (χ1n) is 6.79. The molecule has 2 heterocycles. The van der Waals surface area contributed by atoms with Gasteiger partial charge in [-0.25, -0.2) is 4.98 Å². The summed E-state index contributed by atoms with van der Waals surface area (Å²) in [4.78, 5) is 16.5. The summed E-state index contributed by atoms with van der Waals surface area (Å²) in [5, 5.41) is 0.537. The molecule has 0 spiro atoms. The van der Waals surface area contributed by atoms with Crippen molar-refractivity contribution in [1.82, 2.24) is 9.38 Å². The van der Waals surface area contributed by atoms with Crippen LogP contribution < -0.4 is 0 Å². The van der Waals surface area contributed by atoms with E-state index in [4.69, 9.17) is 11.6 Å². The Morgan fingerprint density at radius 2 is 2.16 bits per heavy atom. The first-order chi connectivity index (χ1) is 9.14. The zero-order valence-electron chi connectivity index (χ0n) is 11.2. The minimum absolute atomic E-state index is 0.194.